The Balaban J connectivity index is 1.40. The summed E-state index contributed by atoms with van der Waals surface area (Å²) in [6.07, 6.45) is -1.71. The quantitative estimate of drug-likeness (QED) is 0.502. The highest BCUT2D eigenvalue weighted by atomic mass is 35.5. The molecule has 2 N–H and O–H groups in total. The molecule has 0 bridgehead atoms. The molecule has 5 rings (SSSR count). The Labute approximate surface area is 223 Å². The molecular formula is C26H30ClF3N6O2. The van der Waals surface area contributed by atoms with Crippen LogP contribution in [0.5, 0.6) is 0 Å². The predicted molar refractivity (Wildman–Crippen MR) is 138 cm³/mol. The molecule has 0 saturated carbocycles. The number of hydrogen-bond donors (Lipinski definition) is 2. The van der Waals surface area contributed by atoms with Crippen molar-refractivity contribution in [2.75, 3.05) is 37.7 Å². The maximum atomic E-state index is 13.8. The SMILES string of the molecule is CC(c1ccc(Cl)cc1C(F)(F)F)n1nnc2ccc(N3CCN(C(=O)C4CCCCN4)C(CO)C3)cc21. The minimum Gasteiger partial charge on any atom is -0.394 e. The minimum atomic E-state index is -4.57. The number of hydrogen-bond acceptors (Lipinski definition) is 6. The van der Waals surface area contributed by atoms with Crippen molar-refractivity contribution in [3.05, 3.63) is 52.5 Å². The molecule has 38 heavy (non-hydrogen) atoms. The number of nitrogens with zero attached hydrogens (tertiary/aromatic N) is 5. The van der Waals surface area contributed by atoms with Crippen LogP contribution in [0.15, 0.2) is 36.4 Å². The van der Waals surface area contributed by atoms with Gasteiger partial charge in [0.2, 0.25) is 5.91 Å². The van der Waals surface area contributed by atoms with E-state index < -0.39 is 17.8 Å². The number of halogens is 4. The molecular weight excluding hydrogens is 521 g/mol. The molecule has 2 saturated heterocycles. The Morgan fingerprint density at radius 2 is 2.03 bits per heavy atom. The molecule has 0 radical (unpaired) electrons. The smallest absolute Gasteiger partial charge is 0.394 e. The molecule has 3 heterocycles. The average Bonchev–Trinajstić information content (AvgIpc) is 3.35. The summed E-state index contributed by atoms with van der Waals surface area (Å²) in [5.74, 6) is 0.0263. The van der Waals surface area contributed by atoms with Crippen LogP contribution in [0.4, 0.5) is 18.9 Å². The molecule has 1 amide bonds. The van der Waals surface area contributed by atoms with Crippen molar-refractivity contribution in [1.29, 1.82) is 0 Å². The van der Waals surface area contributed by atoms with Crippen LogP contribution in [0, 0.1) is 0 Å². The van der Waals surface area contributed by atoms with Gasteiger partial charge in [-0.3, -0.25) is 4.79 Å². The standard InChI is InChI=1S/C26H30ClF3N6O2/c1-16(20-7-5-17(27)12-21(20)26(28,29)30)36-24-13-18(6-8-22(24)32-33-36)34-10-11-35(19(14-34)15-37)25(38)23-4-2-3-9-31-23/h5-8,12-13,16,19,23,31,37H,2-4,9-11,14-15H2,1H3. The van der Waals surface area contributed by atoms with E-state index in [9.17, 15) is 23.1 Å². The number of anilines is 1. The highest BCUT2D eigenvalue weighted by molar-refractivity contribution is 6.30. The van der Waals surface area contributed by atoms with E-state index in [0.29, 0.717) is 30.7 Å². The van der Waals surface area contributed by atoms with E-state index in [1.165, 1.54) is 16.8 Å². The van der Waals surface area contributed by atoms with Crippen LogP contribution in [-0.2, 0) is 11.0 Å². The number of piperidine rings is 1. The Hall–Kier alpha value is -2.89. The molecule has 3 unspecified atom stereocenters. The molecule has 2 aromatic carbocycles. The number of aliphatic hydroxyl groups excluding tert-OH is 1. The van der Waals surface area contributed by atoms with Gasteiger partial charge in [0.15, 0.2) is 0 Å². The molecule has 204 valence electrons. The van der Waals surface area contributed by atoms with Gasteiger partial charge in [-0.2, -0.15) is 13.2 Å². The van der Waals surface area contributed by atoms with Crippen LogP contribution in [0.2, 0.25) is 5.02 Å². The molecule has 12 heteroatoms. The van der Waals surface area contributed by atoms with E-state index in [4.69, 9.17) is 11.6 Å². The molecule has 2 aliphatic heterocycles. The maximum Gasteiger partial charge on any atom is 0.416 e. The number of amides is 1. The predicted octanol–water partition coefficient (Wildman–Crippen LogP) is 3.86. The zero-order valence-electron chi connectivity index (χ0n) is 21.0. The third-order valence-corrected chi connectivity index (χ3v) is 7.78. The Bertz CT molecular complexity index is 1310. The highest BCUT2D eigenvalue weighted by Crippen LogP contribution is 2.38. The Kier molecular flexibility index (Phi) is 7.52. The topological polar surface area (TPSA) is 86.5 Å². The van der Waals surface area contributed by atoms with Crippen LogP contribution in [0.3, 0.4) is 0 Å². The maximum absolute atomic E-state index is 13.8. The summed E-state index contributed by atoms with van der Waals surface area (Å²) in [4.78, 5) is 16.9. The number of aliphatic hydroxyl groups is 1. The lowest BCUT2D eigenvalue weighted by Crippen LogP contribution is -2.60. The number of nitrogens with one attached hydrogen (secondary N) is 1. The first-order chi connectivity index (χ1) is 18.2. The number of rotatable bonds is 5. The zero-order valence-corrected chi connectivity index (χ0v) is 21.7. The van der Waals surface area contributed by atoms with Crippen molar-refractivity contribution in [2.24, 2.45) is 0 Å². The second kappa shape index (κ2) is 10.7. The van der Waals surface area contributed by atoms with Gasteiger partial charge in [0, 0.05) is 30.3 Å². The van der Waals surface area contributed by atoms with E-state index in [2.05, 4.69) is 20.5 Å². The Morgan fingerprint density at radius 1 is 1.21 bits per heavy atom. The summed E-state index contributed by atoms with van der Waals surface area (Å²) in [6.45, 7) is 3.77. The monoisotopic (exact) mass is 550 g/mol. The third-order valence-electron chi connectivity index (χ3n) is 7.54. The van der Waals surface area contributed by atoms with E-state index in [0.717, 1.165) is 37.6 Å². The van der Waals surface area contributed by atoms with Gasteiger partial charge in [-0.1, -0.05) is 29.3 Å². The number of carbonyl (C=O) groups excluding carboxylic acids is 1. The number of alkyl halides is 3. The van der Waals surface area contributed by atoms with Gasteiger partial charge >= 0.3 is 6.18 Å². The van der Waals surface area contributed by atoms with Crippen molar-refractivity contribution < 1.29 is 23.1 Å². The second-order valence-electron chi connectivity index (χ2n) is 9.93. The average molecular weight is 551 g/mol. The van der Waals surface area contributed by atoms with Crippen LogP contribution < -0.4 is 10.2 Å². The summed E-state index contributed by atoms with van der Waals surface area (Å²) in [6, 6.07) is 7.92. The zero-order chi connectivity index (χ0) is 27.0. The first-order valence-corrected chi connectivity index (χ1v) is 13.2. The summed E-state index contributed by atoms with van der Waals surface area (Å²) >= 11 is 5.87. The van der Waals surface area contributed by atoms with Gasteiger partial charge in [-0.05, 0) is 62.2 Å². The fraction of sp³-hybridized carbons (Fsp3) is 0.500. The molecule has 0 spiro atoms. The van der Waals surface area contributed by atoms with E-state index in [-0.39, 0.29) is 35.2 Å². The van der Waals surface area contributed by atoms with Crippen LogP contribution in [0.25, 0.3) is 11.0 Å². The number of piperazine rings is 1. The van der Waals surface area contributed by atoms with Crippen LogP contribution in [-0.4, -0.2) is 75.8 Å². The van der Waals surface area contributed by atoms with Gasteiger partial charge in [-0.25, -0.2) is 4.68 Å². The van der Waals surface area contributed by atoms with E-state index in [1.54, 1.807) is 17.9 Å². The molecule has 2 aliphatic rings. The lowest BCUT2D eigenvalue weighted by Gasteiger charge is -2.43. The third kappa shape index (κ3) is 5.19. The summed E-state index contributed by atoms with van der Waals surface area (Å²) in [5.41, 5.74) is 1.20. The van der Waals surface area contributed by atoms with Gasteiger partial charge in [-0.15, -0.1) is 5.10 Å². The lowest BCUT2D eigenvalue weighted by atomic mass is 10.0. The largest absolute Gasteiger partial charge is 0.416 e. The van der Waals surface area contributed by atoms with Crippen molar-refractivity contribution in [3.63, 3.8) is 0 Å². The molecule has 3 atom stereocenters. The number of fused-ring (bicyclic) bond motifs is 1. The van der Waals surface area contributed by atoms with E-state index in [1.807, 2.05) is 12.1 Å². The van der Waals surface area contributed by atoms with Crippen molar-refractivity contribution >= 4 is 34.2 Å². The molecule has 3 aromatic rings. The van der Waals surface area contributed by atoms with Gasteiger partial charge < -0.3 is 20.2 Å². The lowest BCUT2D eigenvalue weighted by molar-refractivity contribution is -0.139. The fourth-order valence-corrected chi connectivity index (χ4v) is 5.65. The molecule has 8 nitrogen and oxygen atoms in total. The van der Waals surface area contributed by atoms with Crippen molar-refractivity contribution in [3.8, 4) is 0 Å². The molecule has 1 aromatic heterocycles. The van der Waals surface area contributed by atoms with Crippen molar-refractivity contribution in [1.82, 2.24) is 25.2 Å². The summed E-state index contributed by atoms with van der Waals surface area (Å²) in [5, 5.41) is 21.7. The van der Waals surface area contributed by atoms with Gasteiger partial charge in [0.1, 0.15) is 5.52 Å². The Morgan fingerprint density at radius 3 is 2.74 bits per heavy atom. The van der Waals surface area contributed by atoms with Gasteiger partial charge in [0.05, 0.1) is 35.8 Å². The number of benzene rings is 2. The first-order valence-electron chi connectivity index (χ1n) is 12.8. The molecule has 0 aliphatic carbocycles. The van der Waals surface area contributed by atoms with Gasteiger partial charge in [0.25, 0.3) is 0 Å². The first kappa shape index (κ1) is 26.7. The fourth-order valence-electron chi connectivity index (χ4n) is 5.48. The normalized spacial score (nSPS) is 21.6. The van der Waals surface area contributed by atoms with E-state index >= 15 is 0 Å². The molecule has 2 fully saturated rings. The van der Waals surface area contributed by atoms with Crippen molar-refractivity contribution in [2.45, 2.75) is 50.5 Å². The second-order valence-corrected chi connectivity index (χ2v) is 10.4. The summed E-state index contributed by atoms with van der Waals surface area (Å²) in [7, 11) is 0. The minimum absolute atomic E-state index is 0.00865. The summed E-state index contributed by atoms with van der Waals surface area (Å²) < 4.78 is 42.8. The van der Waals surface area contributed by atoms with Crippen LogP contribution >= 0.6 is 11.6 Å². The number of carbonyl (C=O) groups is 1. The van der Waals surface area contributed by atoms with Crippen LogP contribution in [0.1, 0.15) is 43.4 Å². The highest BCUT2D eigenvalue weighted by Gasteiger charge is 2.36. The number of aromatic nitrogens is 3.